The van der Waals surface area contributed by atoms with Crippen LogP contribution in [0.15, 0.2) is 94.7 Å². The van der Waals surface area contributed by atoms with Gasteiger partial charge in [0, 0.05) is 23.2 Å². The van der Waals surface area contributed by atoms with Crippen LogP contribution in [0.4, 0.5) is 10.2 Å². The largest absolute Gasteiger partial charge is 0.478 e. The summed E-state index contributed by atoms with van der Waals surface area (Å²) in [6.45, 7) is -0.194. The molecule has 0 radical (unpaired) electrons. The fraction of sp³-hybridized carbons (Fsp3) is 0.0385. The summed E-state index contributed by atoms with van der Waals surface area (Å²) in [6.07, 6.45) is 2.83. The third kappa shape index (κ3) is 4.60. The molecule has 0 unspecified atom stereocenters. The maximum absolute atomic E-state index is 13.8. The van der Waals surface area contributed by atoms with Crippen LogP contribution in [-0.4, -0.2) is 25.2 Å². The van der Waals surface area contributed by atoms with Crippen molar-refractivity contribution in [1.29, 1.82) is 5.26 Å². The van der Waals surface area contributed by atoms with Crippen LogP contribution in [0.3, 0.4) is 0 Å². The van der Waals surface area contributed by atoms with Gasteiger partial charge in [-0.15, -0.1) is 0 Å². The molecule has 10 heteroatoms. The van der Waals surface area contributed by atoms with Crippen molar-refractivity contribution in [2.75, 3.05) is 11.3 Å². The minimum absolute atomic E-state index is 0.0394. The van der Waals surface area contributed by atoms with Crippen molar-refractivity contribution < 1.29 is 22.1 Å². The van der Waals surface area contributed by atoms with Crippen LogP contribution in [0.25, 0.3) is 33.2 Å². The van der Waals surface area contributed by atoms with E-state index in [1.54, 1.807) is 42.6 Å². The molecule has 0 aliphatic carbocycles. The number of fused-ring (bicyclic) bond motifs is 1. The van der Waals surface area contributed by atoms with Crippen molar-refractivity contribution in [1.82, 2.24) is 10.1 Å². The van der Waals surface area contributed by atoms with Crippen molar-refractivity contribution in [3.63, 3.8) is 0 Å². The molecule has 5 aromatic rings. The number of nitrogens with zero attached hydrogens (tertiary/aromatic N) is 3. The molecule has 0 aliphatic heterocycles. The number of sulfonamides is 1. The number of rotatable bonds is 7. The van der Waals surface area contributed by atoms with Gasteiger partial charge in [-0.2, -0.15) is 5.26 Å². The van der Waals surface area contributed by atoms with Gasteiger partial charge < -0.3 is 9.26 Å². The first kappa shape index (κ1) is 23.0. The van der Waals surface area contributed by atoms with Gasteiger partial charge in [0.25, 0.3) is 10.0 Å². The minimum Gasteiger partial charge on any atom is -0.478 e. The number of hydrogen-bond acceptors (Lipinski definition) is 7. The van der Waals surface area contributed by atoms with E-state index in [9.17, 15) is 12.8 Å². The number of hydrogen-bond donors (Lipinski definition) is 1. The molecule has 0 fully saturated rings. The van der Waals surface area contributed by atoms with Gasteiger partial charge in [-0.1, -0.05) is 29.4 Å². The summed E-state index contributed by atoms with van der Waals surface area (Å²) in [4.78, 5) is 4.54. The summed E-state index contributed by atoms with van der Waals surface area (Å²) < 4.78 is 52.1. The lowest BCUT2D eigenvalue weighted by molar-refractivity contribution is 0.370. The second kappa shape index (κ2) is 9.48. The molecule has 8 nitrogen and oxygen atoms in total. The molecule has 0 saturated heterocycles. The Bertz CT molecular complexity index is 1710. The standard InChI is InChI=1S/C26H17FN4O4S/c27-20-3-1-2-17(14-20)18-4-6-23(24(16-18)34-13-10-28)26-22-7-5-21(15-19(22)8-11-29-26)36(32,33)31-25-9-12-35-30-25/h1-9,11-12,14-16H,13H2,(H,30,31). The number of halogens is 1. The molecule has 5 rings (SSSR count). The van der Waals surface area contributed by atoms with Crippen LogP contribution < -0.4 is 9.46 Å². The van der Waals surface area contributed by atoms with Crippen molar-refractivity contribution >= 4 is 26.6 Å². The zero-order valence-corrected chi connectivity index (χ0v) is 19.4. The highest BCUT2D eigenvalue weighted by Gasteiger charge is 2.18. The van der Waals surface area contributed by atoms with Crippen LogP contribution in [0, 0.1) is 17.1 Å². The molecule has 2 heterocycles. The molecule has 1 N–H and O–H groups in total. The van der Waals surface area contributed by atoms with Gasteiger partial charge in [0.05, 0.1) is 10.6 Å². The van der Waals surface area contributed by atoms with Gasteiger partial charge in [0.15, 0.2) is 12.4 Å². The molecule has 36 heavy (non-hydrogen) atoms. The number of anilines is 1. The van der Waals surface area contributed by atoms with Crippen molar-refractivity contribution in [3.8, 4) is 34.2 Å². The van der Waals surface area contributed by atoms with Crippen LogP contribution in [0.5, 0.6) is 5.75 Å². The zero-order chi connectivity index (χ0) is 25.1. The lowest BCUT2D eigenvalue weighted by Gasteiger charge is -2.14. The molecule has 178 valence electrons. The van der Waals surface area contributed by atoms with E-state index in [0.717, 1.165) is 0 Å². The van der Waals surface area contributed by atoms with Crippen LogP contribution in [0.2, 0.25) is 0 Å². The number of nitriles is 1. The predicted octanol–water partition coefficient (Wildman–Crippen LogP) is 5.40. The average Bonchev–Trinajstić information content (AvgIpc) is 3.39. The minimum atomic E-state index is -3.90. The van der Waals surface area contributed by atoms with Crippen molar-refractivity contribution in [2.45, 2.75) is 4.90 Å². The summed E-state index contributed by atoms with van der Waals surface area (Å²) in [7, 11) is -3.90. The van der Waals surface area contributed by atoms with E-state index in [4.69, 9.17) is 10.00 Å². The third-order valence-electron chi connectivity index (χ3n) is 5.41. The van der Waals surface area contributed by atoms with Crippen LogP contribution in [-0.2, 0) is 10.0 Å². The van der Waals surface area contributed by atoms with E-state index < -0.39 is 10.0 Å². The van der Waals surface area contributed by atoms with Gasteiger partial charge in [-0.3, -0.25) is 9.71 Å². The van der Waals surface area contributed by atoms with Gasteiger partial charge in [0.2, 0.25) is 0 Å². The molecule has 0 atom stereocenters. The molecule has 0 aliphatic rings. The second-order valence-corrected chi connectivity index (χ2v) is 9.38. The summed E-state index contributed by atoms with van der Waals surface area (Å²) >= 11 is 0. The average molecular weight is 501 g/mol. The van der Waals surface area contributed by atoms with E-state index in [1.165, 1.54) is 36.6 Å². The number of benzene rings is 3. The Labute approximate surface area is 205 Å². The van der Waals surface area contributed by atoms with E-state index in [1.807, 2.05) is 12.1 Å². The highest BCUT2D eigenvalue weighted by molar-refractivity contribution is 7.92. The highest BCUT2D eigenvalue weighted by Crippen LogP contribution is 2.37. The Balaban J connectivity index is 1.58. The first-order valence-electron chi connectivity index (χ1n) is 10.7. The molecular formula is C26H17FN4O4S. The Morgan fingerprint density at radius 2 is 1.89 bits per heavy atom. The first-order valence-corrected chi connectivity index (χ1v) is 12.1. The van der Waals surface area contributed by atoms with Gasteiger partial charge in [-0.25, -0.2) is 12.8 Å². The maximum atomic E-state index is 13.8. The fourth-order valence-electron chi connectivity index (χ4n) is 3.79. The van der Waals surface area contributed by atoms with Crippen molar-refractivity contribution in [2.24, 2.45) is 0 Å². The number of aromatic nitrogens is 2. The van der Waals surface area contributed by atoms with Gasteiger partial charge >= 0.3 is 0 Å². The van der Waals surface area contributed by atoms with Crippen LogP contribution in [0.1, 0.15) is 0 Å². The summed E-state index contributed by atoms with van der Waals surface area (Å²) in [5.41, 5.74) is 2.51. The molecular weight excluding hydrogens is 483 g/mol. The Morgan fingerprint density at radius 3 is 2.67 bits per heavy atom. The quantitative estimate of drug-likeness (QED) is 0.318. The number of ether oxygens (including phenoxy) is 1. The van der Waals surface area contributed by atoms with E-state index in [2.05, 4.69) is 19.4 Å². The summed E-state index contributed by atoms with van der Waals surface area (Å²) in [5, 5.41) is 14.0. The first-order chi connectivity index (χ1) is 17.4. The normalized spacial score (nSPS) is 11.2. The molecule has 0 spiro atoms. The third-order valence-corrected chi connectivity index (χ3v) is 6.76. The van der Waals surface area contributed by atoms with Gasteiger partial charge in [-0.05, 0) is 59.0 Å². The SMILES string of the molecule is N#CCOc1cc(-c2cccc(F)c2)ccc1-c1nccc2cc(S(=O)(=O)Nc3ccon3)ccc12. The molecule has 2 aromatic heterocycles. The molecule has 0 bridgehead atoms. The van der Waals surface area contributed by atoms with Crippen molar-refractivity contribution in [3.05, 3.63) is 91.1 Å². The van der Waals surface area contributed by atoms with E-state index >= 15 is 0 Å². The maximum Gasteiger partial charge on any atom is 0.263 e. The zero-order valence-electron chi connectivity index (χ0n) is 18.6. The summed E-state index contributed by atoms with van der Waals surface area (Å²) in [6, 6.07) is 21.2. The monoisotopic (exact) mass is 500 g/mol. The molecule has 3 aromatic carbocycles. The lowest BCUT2D eigenvalue weighted by Crippen LogP contribution is -2.13. The van der Waals surface area contributed by atoms with E-state index in [-0.39, 0.29) is 23.1 Å². The number of nitrogens with one attached hydrogen (secondary N) is 1. The van der Waals surface area contributed by atoms with Gasteiger partial charge in [0.1, 0.15) is 23.9 Å². The van der Waals surface area contributed by atoms with E-state index in [0.29, 0.717) is 38.9 Å². The second-order valence-electron chi connectivity index (χ2n) is 7.70. The Morgan fingerprint density at radius 1 is 1.03 bits per heavy atom. The fourth-order valence-corrected chi connectivity index (χ4v) is 4.82. The molecule has 0 saturated carbocycles. The lowest BCUT2D eigenvalue weighted by atomic mass is 9.99. The summed E-state index contributed by atoms with van der Waals surface area (Å²) in [5.74, 6) is 0.0986. The Hall–Kier alpha value is -4.75. The Kier molecular flexibility index (Phi) is 6.06. The van der Waals surface area contributed by atoms with Crippen LogP contribution >= 0.6 is 0 Å². The highest BCUT2D eigenvalue weighted by atomic mass is 32.2. The molecule has 0 amide bonds. The smallest absolute Gasteiger partial charge is 0.263 e. The predicted molar refractivity (Wildman–Crippen MR) is 131 cm³/mol. The topological polar surface area (TPSA) is 118 Å². The number of pyridine rings is 1.